The van der Waals surface area contributed by atoms with Gasteiger partial charge in [-0.1, -0.05) is 23.5 Å². The zero-order valence-corrected chi connectivity index (χ0v) is 11.8. The van der Waals surface area contributed by atoms with Gasteiger partial charge in [0.05, 0.1) is 12.5 Å². The van der Waals surface area contributed by atoms with E-state index in [2.05, 4.69) is 0 Å². The molecule has 5 heteroatoms. The summed E-state index contributed by atoms with van der Waals surface area (Å²) >= 11 is 1.61. The van der Waals surface area contributed by atoms with E-state index >= 15 is 0 Å². The Kier molecular flexibility index (Phi) is 5.61. The maximum Gasteiger partial charge on any atom is 0.224 e. The fraction of sp³-hybridized carbons (Fsp3) is 0.250. The molecule has 0 spiro atoms. The molecule has 0 amide bonds. The average Bonchev–Trinajstić information content (AvgIpc) is 2.82. The molecule has 0 aliphatic heterocycles. The normalized spacial score (nSPS) is 11.6. The summed E-state index contributed by atoms with van der Waals surface area (Å²) in [5.74, 6) is 0.805. The molecule has 0 radical (unpaired) electrons. The lowest BCUT2D eigenvalue weighted by Gasteiger charge is -2.07. The summed E-state index contributed by atoms with van der Waals surface area (Å²) in [7, 11) is 1.63. The minimum absolute atomic E-state index is 0. The minimum Gasteiger partial charge on any atom is -1.00 e. The van der Waals surface area contributed by atoms with Crippen molar-refractivity contribution in [2.24, 2.45) is 0 Å². The first-order valence-corrected chi connectivity index (χ1v) is 5.97. The first-order chi connectivity index (χ1) is 7.79. The van der Waals surface area contributed by atoms with E-state index < -0.39 is 6.10 Å². The van der Waals surface area contributed by atoms with Crippen LogP contribution in [-0.2, 0) is 6.54 Å². The van der Waals surface area contributed by atoms with Crippen LogP contribution in [0.25, 0.3) is 0 Å². The Morgan fingerprint density at radius 3 is 2.59 bits per heavy atom. The molecule has 1 atom stereocenters. The van der Waals surface area contributed by atoms with Gasteiger partial charge in [0.1, 0.15) is 11.9 Å². The van der Waals surface area contributed by atoms with E-state index in [0.717, 1.165) is 11.3 Å². The Bertz CT molecular complexity index is 430. The van der Waals surface area contributed by atoms with Crippen molar-refractivity contribution in [1.82, 2.24) is 0 Å². The van der Waals surface area contributed by atoms with Crippen LogP contribution in [0.1, 0.15) is 11.7 Å². The monoisotopic (exact) mass is 315 g/mol. The molecule has 2 rings (SSSR count). The first kappa shape index (κ1) is 14.2. The van der Waals surface area contributed by atoms with Crippen molar-refractivity contribution in [2.45, 2.75) is 12.6 Å². The minimum atomic E-state index is -0.481. The number of benzene rings is 1. The molecule has 1 aromatic heterocycles. The lowest BCUT2D eigenvalue weighted by Crippen LogP contribution is -3.00. The second kappa shape index (κ2) is 6.74. The predicted molar refractivity (Wildman–Crippen MR) is 62.5 cm³/mol. The molecule has 2 aromatic rings. The van der Waals surface area contributed by atoms with E-state index in [0.29, 0.717) is 6.54 Å². The van der Waals surface area contributed by atoms with E-state index in [1.807, 2.05) is 45.9 Å². The third-order valence-electron chi connectivity index (χ3n) is 2.41. The van der Waals surface area contributed by atoms with Gasteiger partial charge < -0.3 is 26.8 Å². The molecule has 0 fully saturated rings. The van der Waals surface area contributed by atoms with Gasteiger partial charge in [-0.2, -0.15) is 4.57 Å². The van der Waals surface area contributed by atoms with E-state index in [1.54, 1.807) is 18.4 Å². The van der Waals surface area contributed by atoms with E-state index in [4.69, 9.17) is 4.74 Å². The fourth-order valence-corrected chi connectivity index (χ4v) is 2.11. The number of aromatic nitrogens is 1. The molecule has 0 bridgehead atoms. The van der Waals surface area contributed by atoms with Crippen molar-refractivity contribution in [3.8, 4) is 5.75 Å². The number of rotatable bonds is 4. The molecule has 17 heavy (non-hydrogen) atoms. The van der Waals surface area contributed by atoms with Crippen LogP contribution in [0.4, 0.5) is 0 Å². The SMILES string of the molecule is COc1ccc(C(O)C[n+]2ccsc2)cc1.[Br-]. The van der Waals surface area contributed by atoms with Crippen molar-refractivity contribution in [3.05, 3.63) is 46.9 Å². The van der Waals surface area contributed by atoms with Gasteiger partial charge in [0.25, 0.3) is 0 Å². The summed E-state index contributed by atoms with van der Waals surface area (Å²) in [6.45, 7) is 0.579. The van der Waals surface area contributed by atoms with Gasteiger partial charge in [-0.25, -0.2) is 0 Å². The summed E-state index contributed by atoms with van der Waals surface area (Å²) in [6, 6.07) is 7.49. The van der Waals surface area contributed by atoms with E-state index in [1.165, 1.54) is 0 Å². The predicted octanol–water partition coefficient (Wildman–Crippen LogP) is -1.22. The Morgan fingerprint density at radius 2 is 2.06 bits per heavy atom. The number of methoxy groups -OCH3 is 1. The maximum atomic E-state index is 10.00. The highest BCUT2D eigenvalue weighted by Gasteiger charge is 2.13. The highest BCUT2D eigenvalue weighted by molar-refractivity contribution is 7.07. The van der Waals surface area contributed by atoms with Crippen LogP contribution in [0.2, 0.25) is 0 Å². The van der Waals surface area contributed by atoms with Crippen LogP contribution in [0.5, 0.6) is 5.75 Å². The van der Waals surface area contributed by atoms with Crippen LogP contribution in [0.15, 0.2) is 41.4 Å². The third kappa shape index (κ3) is 3.80. The van der Waals surface area contributed by atoms with Gasteiger partial charge in [-0.3, -0.25) is 0 Å². The number of hydrogen-bond donors (Lipinski definition) is 1. The zero-order valence-electron chi connectivity index (χ0n) is 9.41. The van der Waals surface area contributed by atoms with Crippen molar-refractivity contribution < 1.29 is 31.4 Å². The lowest BCUT2D eigenvalue weighted by atomic mass is 10.1. The van der Waals surface area contributed by atoms with Crippen molar-refractivity contribution in [3.63, 3.8) is 0 Å². The number of hydrogen-bond acceptors (Lipinski definition) is 3. The van der Waals surface area contributed by atoms with E-state index in [-0.39, 0.29) is 17.0 Å². The number of aliphatic hydroxyl groups is 1. The van der Waals surface area contributed by atoms with E-state index in [9.17, 15) is 5.11 Å². The number of ether oxygens (including phenoxy) is 1. The molecule has 0 saturated heterocycles. The van der Waals surface area contributed by atoms with Gasteiger partial charge >= 0.3 is 0 Å². The number of thiazole rings is 1. The topological polar surface area (TPSA) is 33.3 Å². The molecular weight excluding hydrogens is 302 g/mol. The van der Waals surface area contributed by atoms with Crippen LogP contribution in [-0.4, -0.2) is 12.2 Å². The van der Waals surface area contributed by atoms with Crippen LogP contribution in [0, 0.1) is 0 Å². The Hall–Kier alpha value is -0.910. The molecule has 0 aliphatic carbocycles. The second-order valence-corrected chi connectivity index (χ2v) is 4.27. The Morgan fingerprint density at radius 1 is 1.35 bits per heavy atom. The third-order valence-corrected chi connectivity index (χ3v) is 3.08. The summed E-state index contributed by atoms with van der Waals surface area (Å²) < 4.78 is 7.04. The Labute approximate surface area is 115 Å². The maximum absolute atomic E-state index is 10.00. The molecule has 1 aromatic carbocycles. The molecule has 1 unspecified atom stereocenters. The molecule has 1 N–H and O–H groups in total. The summed E-state index contributed by atoms with van der Waals surface area (Å²) in [6.07, 6.45) is 1.47. The average molecular weight is 316 g/mol. The highest BCUT2D eigenvalue weighted by Crippen LogP contribution is 2.17. The first-order valence-electron chi connectivity index (χ1n) is 5.03. The van der Waals surface area contributed by atoms with Crippen molar-refractivity contribution in [2.75, 3.05) is 7.11 Å². The van der Waals surface area contributed by atoms with Crippen LogP contribution in [0.3, 0.4) is 0 Å². The lowest BCUT2D eigenvalue weighted by molar-refractivity contribution is -0.700. The van der Waals surface area contributed by atoms with Crippen LogP contribution < -0.4 is 26.3 Å². The van der Waals surface area contributed by atoms with Gasteiger partial charge in [0, 0.05) is 0 Å². The fourth-order valence-electron chi connectivity index (χ4n) is 1.50. The zero-order chi connectivity index (χ0) is 11.4. The van der Waals surface area contributed by atoms with Gasteiger partial charge in [-0.05, 0) is 17.7 Å². The molecule has 0 aliphatic rings. The Balaban J connectivity index is 0.00000144. The quantitative estimate of drug-likeness (QED) is 0.718. The summed E-state index contributed by atoms with van der Waals surface area (Å²) in [5.41, 5.74) is 2.88. The van der Waals surface area contributed by atoms with Crippen molar-refractivity contribution >= 4 is 11.3 Å². The second-order valence-electron chi connectivity index (χ2n) is 3.51. The molecule has 0 saturated carbocycles. The van der Waals surface area contributed by atoms with Crippen molar-refractivity contribution in [1.29, 1.82) is 0 Å². The summed E-state index contributed by atoms with van der Waals surface area (Å²) in [4.78, 5) is 0. The van der Waals surface area contributed by atoms with Gasteiger partial charge in [0.2, 0.25) is 5.51 Å². The number of aliphatic hydroxyl groups excluding tert-OH is 1. The van der Waals surface area contributed by atoms with Gasteiger partial charge in [0.15, 0.2) is 12.7 Å². The molecule has 1 heterocycles. The van der Waals surface area contributed by atoms with Crippen LogP contribution >= 0.6 is 11.3 Å². The smallest absolute Gasteiger partial charge is 0.224 e. The largest absolute Gasteiger partial charge is 1.00 e. The molecule has 92 valence electrons. The standard InChI is InChI=1S/C12H14NO2S.BrH/c1-15-11-4-2-10(3-5-11)12(14)8-13-6-7-16-9-13;/h2-7,9,12,14H,8H2,1H3;1H/q+1;/p-1. The summed E-state index contributed by atoms with van der Waals surface area (Å²) in [5, 5.41) is 12.0. The van der Waals surface area contributed by atoms with Gasteiger partial charge in [-0.15, -0.1) is 0 Å². The number of nitrogens with zero attached hydrogens (tertiary/aromatic N) is 1. The highest BCUT2D eigenvalue weighted by atomic mass is 79.9. The molecule has 3 nitrogen and oxygen atoms in total. The number of halogens is 1. The molecular formula is C12H14BrNO2S.